The van der Waals surface area contributed by atoms with Gasteiger partial charge in [0.25, 0.3) is 5.91 Å². The Morgan fingerprint density at radius 1 is 1.16 bits per heavy atom. The van der Waals surface area contributed by atoms with Gasteiger partial charge in [-0.2, -0.15) is 0 Å². The van der Waals surface area contributed by atoms with E-state index in [2.05, 4.69) is 10.3 Å². The maximum atomic E-state index is 11.6. The van der Waals surface area contributed by atoms with Crippen molar-refractivity contribution in [1.82, 2.24) is 4.98 Å². The number of anilines is 1. The second-order valence-corrected chi connectivity index (χ2v) is 3.82. The van der Waals surface area contributed by atoms with Gasteiger partial charge in [-0.15, -0.1) is 0 Å². The van der Waals surface area contributed by atoms with Gasteiger partial charge in [0.2, 0.25) is 0 Å². The highest BCUT2D eigenvalue weighted by atomic mass is 16.5. The van der Waals surface area contributed by atoms with E-state index >= 15 is 0 Å². The van der Waals surface area contributed by atoms with E-state index in [4.69, 9.17) is 9.84 Å². The third kappa shape index (κ3) is 4.08. The van der Waals surface area contributed by atoms with E-state index in [0.29, 0.717) is 17.3 Å². The number of aromatic nitrogens is 1. The minimum absolute atomic E-state index is 0.0882. The predicted octanol–water partition coefficient (Wildman–Crippen LogP) is 1.59. The second-order valence-electron chi connectivity index (χ2n) is 3.82. The van der Waals surface area contributed by atoms with Gasteiger partial charge < -0.3 is 15.2 Å². The van der Waals surface area contributed by atoms with Crippen LogP contribution in [-0.4, -0.2) is 22.6 Å². The third-order valence-corrected chi connectivity index (χ3v) is 2.35. The molecule has 5 heteroatoms. The summed E-state index contributed by atoms with van der Waals surface area (Å²) in [5, 5.41) is 11.5. The number of hydrogen-bond donors (Lipinski definition) is 2. The number of carbonyl (C=O) groups excluding carboxylic acids is 1. The van der Waals surface area contributed by atoms with Crippen molar-refractivity contribution in [1.29, 1.82) is 0 Å². The summed E-state index contributed by atoms with van der Waals surface area (Å²) in [6.07, 6.45) is 0. The topological polar surface area (TPSA) is 71.5 Å². The van der Waals surface area contributed by atoms with Crippen molar-refractivity contribution in [2.45, 2.75) is 6.61 Å². The van der Waals surface area contributed by atoms with Crippen molar-refractivity contribution >= 4 is 11.7 Å². The number of aliphatic hydroxyl groups excluding tert-OH is 1. The van der Waals surface area contributed by atoms with Crippen LogP contribution in [0.3, 0.4) is 0 Å². The molecule has 0 saturated carbocycles. The highest BCUT2D eigenvalue weighted by molar-refractivity contribution is 5.90. The summed E-state index contributed by atoms with van der Waals surface area (Å²) in [7, 11) is 0. The molecule has 0 unspecified atom stereocenters. The van der Waals surface area contributed by atoms with Crippen LogP contribution >= 0.6 is 0 Å². The van der Waals surface area contributed by atoms with Gasteiger partial charge in [0.05, 0.1) is 12.3 Å². The minimum atomic E-state index is -0.300. The number of benzene rings is 1. The molecular formula is C14H14N2O3. The Balaban J connectivity index is 1.87. The summed E-state index contributed by atoms with van der Waals surface area (Å²) in [4.78, 5) is 15.7. The molecule has 2 rings (SSSR count). The summed E-state index contributed by atoms with van der Waals surface area (Å²) < 4.78 is 5.31. The maximum Gasteiger partial charge on any atom is 0.263 e. The Kier molecular flexibility index (Phi) is 4.47. The zero-order chi connectivity index (χ0) is 13.5. The van der Waals surface area contributed by atoms with Crippen LogP contribution in [0.1, 0.15) is 5.69 Å². The number of nitrogens with one attached hydrogen (secondary N) is 1. The predicted molar refractivity (Wildman–Crippen MR) is 70.7 cm³/mol. The molecule has 0 radical (unpaired) electrons. The molecule has 1 aromatic carbocycles. The molecule has 1 heterocycles. The van der Waals surface area contributed by atoms with Crippen molar-refractivity contribution in [2.75, 3.05) is 11.9 Å². The lowest BCUT2D eigenvalue weighted by Gasteiger charge is -2.07. The monoisotopic (exact) mass is 258 g/mol. The number of para-hydroxylation sites is 1. The lowest BCUT2D eigenvalue weighted by Crippen LogP contribution is -2.20. The van der Waals surface area contributed by atoms with Crippen LogP contribution in [0.4, 0.5) is 5.82 Å². The normalized spacial score (nSPS) is 9.95. The number of rotatable bonds is 5. The molecule has 1 aromatic heterocycles. The summed E-state index contributed by atoms with van der Waals surface area (Å²) in [5.41, 5.74) is 0.502. The lowest BCUT2D eigenvalue weighted by molar-refractivity contribution is -0.118. The standard InChI is InChI=1S/C14H14N2O3/c17-9-11-5-4-8-13(15-11)16-14(18)10-19-12-6-2-1-3-7-12/h1-8,17H,9-10H2,(H,15,16,18). The van der Waals surface area contributed by atoms with E-state index in [9.17, 15) is 4.79 Å². The lowest BCUT2D eigenvalue weighted by atomic mass is 10.3. The van der Waals surface area contributed by atoms with Crippen molar-refractivity contribution in [3.63, 3.8) is 0 Å². The van der Waals surface area contributed by atoms with Crippen LogP contribution in [0.15, 0.2) is 48.5 Å². The number of aliphatic hydroxyl groups is 1. The number of nitrogens with zero attached hydrogens (tertiary/aromatic N) is 1. The smallest absolute Gasteiger partial charge is 0.263 e. The first kappa shape index (κ1) is 13.0. The highest BCUT2D eigenvalue weighted by Crippen LogP contribution is 2.09. The largest absolute Gasteiger partial charge is 0.484 e. The SMILES string of the molecule is O=C(COc1ccccc1)Nc1cccc(CO)n1. The van der Waals surface area contributed by atoms with Crippen LogP contribution in [0, 0.1) is 0 Å². The molecule has 0 aliphatic carbocycles. The Bertz CT molecular complexity index is 543. The quantitative estimate of drug-likeness (QED) is 0.854. The van der Waals surface area contributed by atoms with Crippen LogP contribution in [0.5, 0.6) is 5.75 Å². The fourth-order valence-corrected chi connectivity index (χ4v) is 1.48. The zero-order valence-corrected chi connectivity index (χ0v) is 10.2. The van der Waals surface area contributed by atoms with Crippen molar-refractivity contribution < 1.29 is 14.6 Å². The van der Waals surface area contributed by atoms with Crippen molar-refractivity contribution in [2.24, 2.45) is 0 Å². The maximum absolute atomic E-state index is 11.6. The van der Waals surface area contributed by atoms with E-state index in [-0.39, 0.29) is 19.1 Å². The molecule has 19 heavy (non-hydrogen) atoms. The Morgan fingerprint density at radius 3 is 2.68 bits per heavy atom. The van der Waals surface area contributed by atoms with Gasteiger partial charge in [-0.1, -0.05) is 24.3 Å². The fraction of sp³-hybridized carbons (Fsp3) is 0.143. The van der Waals surface area contributed by atoms with Gasteiger partial charge in [-0.3, -0.25) is 4.79 Å². The Morgan fingerprint density at radius 2 is 1.95 bits per heavy atom. The van der Waals surface area contributed by atoms with Gasteiger partial charge in [0.15, 0.2) is 6.61 Å². The molecule has 2 N–H and O–H groups in total. The molecular weight excluding hydrogens is 244 g/mol. The zero-order valence-electron chi connectivity index (χ0n) is 10.2. The van der Waals surface area contributed by atoms with E-state index in [1.807, 2.05) is 18.2 Å². The van der Waals surface area contributed by atoms with E-state index in [0.717, 1.165) is 0 Å². The molecule has 0 spiro atoms. The summed E-state index contributed by atoms with van der Waals surface area (Å²) in [6.45, 7) is -0.251. The molecule has 0 atom stereocenters. The fourth-order valence-electron chi connectivity index (χ4n) is 1.48. The first-order valence-electron chi connectivity index (χ1n) is 5.82. The Hall–Kier alpha value is -2.40. The first-order valence-corrected chi connectivity index (χ1v) is 5.82. The average Bonchev–Trinajstić information content (AvgIpc) is 2.46. The molecule has 98 valence electrons. The number of amides is 1. The van der Waals surface area contributed by atoms with Crippen molar-refractivity contribution in [3.05, 3.63) is 54.2 Å². The molecule has 0 aliphatic rings. The van der Waals surface area contributed by atoms with E-state index in [1.165, 1.54) is 0 Å². The summed E-state index contributed by atoms with van der Waals surface area (Å²) >= 11 is 0. The van der Waals surface area contributed by atoms with Gasteiger partial charge >= 0.3 is 0 Å². The summed E-state index contributed by atoms with van der Waals surface area (Å²) in [6, 6.07) is 14.1. The third-order valence-electron chi connectivity index (χ3n) is 2.35. The van der Waals surface area contributed by atoms with Gasteiger partial charge in [0.1, 0.15) is 11.6 Å². The highest BCUT2D eigenvalue weighted by Gasteiger charge is 2.04. The number of pyridine rings is 1. The van der Waals surface area contributed by atoms with Crippen LogP contribution < -0.4 is 10.1 Å². The molecule has 0 bridgehead atoms. The second kappa shape index (κ2) is 6.51. The van der Waals surface area contributed by atoms with Crippen LogP contribution in [-0.2, 0) is 11.4 Å². The van der Waals surface area contributed by atoms with Gasteiger partial charge in [-0.25, -0.2) is 4.98 Å². The molecule has 0 saturated heterocycles. The molecule has 0 fully saturated rings. The van der Waals surface area contributed by atoms with Gasteiger partial charge in [-0.05, 0) is 24.3 Å². The molecule has 0 aliphatic heterocycles. The van der Waals surface area contributed by atoms with E-state index in [1.54, 1.807) is 30.3 Å². The van der Waals surface area contributed by atoms with E-state index < -0.39 is 0 Å². The molecule has 1 amide bonds. The van der Waals surface area contributed by atoms with Crippen LogP contribution in [0.2, 0.25) is 0 Å². The molecule has 5 nitrogen and oxygen atoms in total. The van der Waals surface area contributed by atoms with Gasteiger partial charge in [0, 0.05) is 0 Å². The van der Waals surface area contributed by atoms with Crippen molar-refractivity contribution in [3.8, 4) is 5.75 Å². The van der Waals surface area contributed by atoms with Crippen LogP contribution in [0.25, 0.3) is 0 Å². The average molecular weight is 258 g/mol. The number of hydrogen-bond acceptors (Lipinski definition) is 4. The summed E-state index contributed by atoms with van der Waals surface area (Å²) in [5.74, 6) is 0.731. The number of ether oxygens (including phenoxy) is 1. The molecule has 2 aromatic rings. The number of carbonyl (C=O) groups is 1. The minimum Gasteiger partial charge on any atom is -0.484 e. The Labute approximate surface area is 110 Å². The first-order chi connectivity index (χ1) is 9.28.